The van der Waals surface area contributed by atoms with Crippen molar-refractivity contribution in [3.63, 3.8) is 0 Å². The summed E-state index contributed by atoms with van der Waals surface area (Å²) in [5.74, 6) is -0.876. The van der Waals surface area contributed by atoms with Crippen LogP contribution >= 0.6 is 0 Å². The first kappa shape index (κ1) is 23.2. The summed E-state index contributed by atoms with van der Waals surface area (Å²) in [4.78, 5) is 26.4. The monoisotopic (exact) mass is 437 g/mol. The van der Waals surface area contributed by atoms with E-state index in [-0.39, 0.29) is 31.4 Å². The number of amides is 1. The highest BCUT2D eigenvalue weighted by atomic mass is 19.1. The van der Waals surface area contributed by atoms with E-state index in [1.54, 1.807) is 45.3 Å². The van der Waals surface area contributed by atoms with E-state index in [9.17, 15) is 14.0 Å². The maximum atomic E-state index is 14.4. The van der Waals surface area contributed by atoms with Gasteiger partial charge in [0.15, 0.2) is 0 Å². The molecule has 0 aliphatic rings. The fourth-order valence-corrected chi connectivity index (χ4v) is 3.80. The first-order chi connectivity index (χ1) is 15.3. The highest BCUT2D eigenvalue weighted by molar-refractivity contribution is 6.03. The third-order valence-electron chi connectivity index (χ3n) is 5.29. The molecule has 0 saturated heterocycles. The van der Waals surface area contributed by atoms with Gasteiger partial charge in [0.25, 0.3) is 5.91 Å². The molecule has 7 heteroatoms. The Bertz CT molecular complexity index is 1190. The summed E-state index contributed by atoms with van der Waals surface area (Å²) in [7, 11) is 3.40. The number of allylic oxidation sites excluding steroid dienone is 1. The van der Waals surface area contributed by atoms with Gasteiger partial charge in [-0.2, -0.15) is 0 Å². The van der Waals surface area contributed by atoms with Crippen molar-refractivity contribution in [2.24, 2.45) is 5.73 Å². The first-order valence-electron chi connectivity index (χ1n) is 10.4. The first-order valence-corrected chi connectivity index (χ1v) is 10.4. The summed E-state index contributed by atoms with van der Waals surface area (Å²) < 4.78 is 21.4. The minimum absolute atomic E-state index is 0.0224. The van der Waals surface area contributed by atoms with E-state index in [4.69, 9.17) is 10.5 Å². The highest BCUT2D eigenvalue weighted by Crippen LogP contribution is 2.36. The average Bonchev–Trinajstić information content (AvgIpc) is 3.04. The third kappa shape index (κ3) is 4.57. The number of benzene rings is 2. The van der Waals surface area contributed by atoms with Gasteiger partial charge in [0.1, 0.15) is 5.83 Å². The van der Waals surface area contributed by atoms with Crippen molar-refractivity contribution in [3.05, 3.63) is 71.2 Å². The lowest BCUT2D eigenvalue weighted by Crippen LogP contribution is -2.21. The summed E-state index contributed by atoms with van der Waals surface area (Å²) in [5, 5.41) is 0.781. The number of carbonyl (C=O) groups is 2. The molecule has 3 rings (SSSR count). The van der Waals surface area contributed by atoms with Crippen molar-refractivity contribution in [1.29, 1.82) is 0 Å². The van der Waals surface area contributed by atoms with Crippen LogP contribution in [0.4, 0.5) is 4.39 Å². The Balaban J connectivity index is 2.26. The smallest absolute Gasteiger partial charge is 0.338 e. The third-order valence-corrected chi connectivity index (χ3v) is 5.29. The Kier molecular flexibility index (Phi) is 7.10. The summed E-state index contributed by atoms with van der Waals surface area (Å²) in [6.45, 7) is 4.05. The lowest BCUT2D eigenvalue weighted by molar-refractivity contribution is 0.0526. The van der Waals surface area contributed by atoms with Gasteiger partial charge in [-0.3, -0.25) is 4.79 Å². The topological polar surface area (TPSA) is 77.6 Å². The molecule has 3 aromatic rings. The van der Waals surface area contributed by atoms with E-state index in [2.05, 4.69) is 0 Å². The molecular weight excluding hydrogens is 409 g/mol. The maximum absolute atomic E-state index is 14.4. The molecule has 0 unspecified atom stereocenters. The van der Waals surface area contributed by atoms with Crippen LogP contribution in [0.5, 0.6) is 0 Å². The Morgan fingerprint density at radius 2 is 1.91 bits per heavy atom. The molecule has 168 valence electrons. The van der Waals surface area contributed by atoms with Gasteiger partial charge in [0.2, 0.25) is 0 Å². The molecule has 6 nitrogen and oxygen atoms in total. The average molecular weight is 438 g/mol. The van der Waals surface area contributed by atoms with Crippen LogP contribution < -0.4 is 5.73 Å². The van der Waals surface area contributed by atoms with Gasteiger partial charge in [-0.1, -0.05) is 12.1 Å². The van der Waals surface area contributed by atoms with Crippen LogP contribution in [-0.4, -0.2) is 48.6 Å². The van der Waals surface area contributed by atoms with Crippen LogP contribution in [0.3, 0.4) is 0 Å². The van der Waals surface area contributed by atoms with E-state index < -0.39 is 5.97 Å². The number of ether oxygens (including phenoxy) is 1. The lowest BCUT2D eigenvalue weighted by Gasteiger charge is -2.12. The molecule has 0 radical (unpaired) electrons. The number of aromatic nitrogens is 1. The van der Waals surface area contributed by atoms with E-state index in [1.165, 1.54) is 11.0 Å². The van der Waals surface area contributed by atoms with Crippen molar-refractivity contribution < 1.29 is 18.7 Å². The molecule has 32 heavy (non-hydrogen) atoms. The number of rotatable bonds is 7. The zero-order valence-electron chi connectivity index (χ0n) is 18.8. The minimum Gasteiger partial charge on any atom is -0.462 e. The van der Waals surface area contributed by atoms with Gasteiger partial charge in [-0.15, -0.1) is 0 Å². The molecule has 1 heterocycles. The fraction of sp³-hybridized carbons (Fsp3) is 0.280. The molecule has 0 aliphatic carbocycles. The van der Waals surface area contributed by atoms with Gasteiger partial charge in [-0.05, 0) is 55.8 Å². The van der Waals surface area contributed by atoms with Crippen molar-refractivity contribution in [1.82, 2.24) is 9.47 Å². The Morgan fingerprint density at radius 3 is 2.56 bits per heavy atom. The second kappa shape index (κ2) is 9.78. The van der Waals surface area contributed by atoms with Crippen molar-refractivity contribution in [3.8, 4) is 11.1 Å². The van der Waals surface area contributed by atoms with E-state index in [1.807, 2.05) is 29.7 Å². The summed E-state index contributed by atoms with van der Waals surface area (Å²) in [6.07, 6.45) is 1.34. The molecule has 1 amide bonds. The summed E-state index contributed by atoms with van der Waals surface area (Å²) in [5.41, 5.74) is 9.66. The second-order valence-corrected chi connectivity index (χ2v) is 7.67. The number of fused-ring (bicyclic) bond motifs is 1. The Hall–Kier alpha value is -3.45. The lowest BCUT2D eigenvalue weighted by atomic mass is 9.99. The molecule has 2 N–H and O–H groups in total. The molecular formula is C25H28FN3O3. The maximum Gasteiger partial charge on any atom is 0.338 e. The number of nitrogens with two attached hydrogens (primary N) is 1. The SMILES string of the molecule is CCOC(=O)c1ccc2c(c1)c(-c1cccc(C(=O)N(C)C)c1)c(C)n2C/C(F)=C/CN. The van der Waals surface area contributed by atoms with Crippen LogP contribution in [0.1, 0.15) is 33.3 Å². The van der Waals surface area contributed by atoms with Crippen molar-refractivity contribution in [2.45, 2.75) is 20.4 Å². The predicted octanol–water partition coefficient (Wildman–Crippen LogP) is 4.31. The number of halogens is 1. The number of hydrogen-bond acceptors (Lipinski definition) is 4. The number of carbonyl (C=O) groups excluding carboxylic acids is 2. The number of nitrogens with zero attached hydrogens (tertiary/aromatic N) is 2. The largest absolute Gasteiger partial charge is 0.462 e. The molecule has 0 saturated carbocycles. The fourth-order valence-electron chi connectivity index (χ4n) is 3.80. The molecule has 0 spiro atoms. The molecule has 0 fully saturated rings. The normalized spacial score (nSPS) is 11.6. The summed E-state index contributed by atoms with van der Waals surface area (Å²) in [6, 6.07) is 12.5. The molecule has 0 bridgehead atoms. The van der Waals surface area contributed by atoms with Gasteiger partial charge in [-0.25, -0.2) is 9.18 Å². The van der Waals surface area contributed by atoms with Crippen LogP contribution in [0.15, 0.2) is 54.4 Å². The zero-order valence-corrected chi connectivity index (χ0v) is 18.8. The van der Waals surface area contributed by atoms with Gasteiger partial charge < -0.3 is 19.9 Å². The van der Waals surface area contributed by atoms with Crippen LogP contribution in [0.25, 0.3) is 22.0 Å². The quantitative estimate of drug-likeness (QED) is 0.559. The Labute approximate surface area is 187 Å². The van der Waals surface area contributed by atoms with E-state index >= 15 is 0 Å². The number of esters is 1. The predicted molar refractivity (Wildman–Crippen MR) is 124 cm³/mol. The molecule has 0 aliphatic heterocycles. The highest BCUT2D eigenvalue weighted by Gasteiger charge is 2.20. The van der Waals surface area contributed by atoms with Crippen LogP contribution in [0, 0.1) is 6.92 Å². The standard InChI is InChI=1S/C25H28FN3O3/c1-5-32-25(31)19-9-10-22-21(14-19)23(16(2)29(22)15-20(26)11-12-27)17-7-6-8-18(13-17)24(30)28(3)4/h6-11,13-14H,5,12,15,27H2,1-4H3/b20-11-. The van der Waals surface area contributed by atoms with Crippen LogP contribution in [-0.2, 0) is 11.3 Å². The van der Waals surface area contributed by atoms with Crippen molar-refractivity contribution in [2.75, 3.05) is 27.2 Å². The minimum atomic E-state index is -0.420. The summed E-state index contributed by atoms with van der Waals surface area (Å²) >= 11 is 0. The molecule has 0 atom stereocenters. The molecule has 2 aromatic carbocycles. The second-order valence-electron chi connectivity index (χ2n) is 7.67. The van der Waals surface area contributed by atoms with Crippen LogP contribution in [0.2, 0.25) is 0 Å². The van der Waals surface area contributed by atoms with Crippen molar-refractivity contribution >= 4 is 22.8 Å². The van der Waals surface area contributed by atoms with Gasteiger partial charge in [0.05, 0.1) is 18.7 Å². The van der Waals surface area contributed by atoms with E-state index in [0.29, 0.717) is 11.1 Å². The zero-order chi connectivity index (χ0) is 23.4. The Morgan fingerprint density at radius 1 is 1.16 bits per heavy atom. The van der Waals surface area contributed by atoms with Gasteiger partial charge in [0, 0.05) is 48.4 Å². The number of hydrogen-bond donors (Lipinski definition) is 1. The van der Waals surface area contributed by atoms with E-state index in [0.717, 1.165) is 27.7 Å². The molecule has 1 aromatic heterocycles. The van der Waals surface area contributed by atoms with Gasteiger partial charge >= 0.3 is 5.97 Å².